The first-order valence-corrected chi connectivity index (χ1v) is 9.70. The van der Waals surface area contributed by atoms with Crippen LogP contribution in [-0.2, 0) is 9.59 Å². The van der Waals surface area contributed by atoms with Crippen LogP contribution in [0.1, 0.15) is 12.5 Å². The normalized spacial score (nSPS) is 15.2. The van der Waals surface area contributed by atoms with E-state index in [9.17, 15) is 14.4 Å². The third-order valence-corrected chi connectivity index (χ3v) is 4.93. The molecule has 2 aromatic rings. The molecule has 3 amide bonds. The van der Waals surface area contributed by atoms with E-state index in [1.54, 1.807) is 48.5 Å². The predicted octanol–water partition coefficient (Wildman–Crippen LogP) is 4.41. The molecule has 2 aromatic carbocycles. The van der Waals surface area contributed by atoms with E-state index in [2.05, 4.69) is 5.32 Å². The number of carbonyl (C=O) groups is 3. The number of amides is 3. The van der Waals surface area contributed by atoms with Crippen molar-refractivity contribution in [1.29, 1.82) is 0 Å². The second kappa shape index (κ2) is 8.95. The van der Waals surface area contributed by atoms with Gasteiger partial charge in [0.25, 0.3) is 11.1 Å². The average molecular weight is 417 g/mol. The first-order valence-electron chi connectivity index (χ1n) is 8.50. The summed E-state index contributed by atoms with van der Waals surface area (Å²) in [5.41, 5.74) is 1.18. The molecule has 1 aliphatic heterocycles. The average Bonchev–Trinajstić information content (AvgIpc) is 2.92. The molecule has 0 aromatic heterocycles. The van der Waals surface area contributed by atoms with Crippen LogP contribution in [0.2, 0.25) is 5.02 Å². The van der Waals surface area contributed by atoms with Gasteiger partial charge in [0.15, 0.2) is 0 Å². The van der Waals surface area contributed by atoms with Crippen molar-refractivity contribution in [2.24, 2.45) is 0 Å². The lowest BCUT2D eigenvalue weighted by atomic mass is 10.2. The Morgan fingerprint density at radius 1 is 1.21 bits per heavy atom. The van der Waals surface area contributed by atoms with Crippen molar-refractivity contribution in [3.63, 3.8) is 0 Å². The molecule has 1 aliphatic rings. The summed E-state index contributed by atoms with van der Waals surface area (Å²) in [6.45, 7) is 1.94. The Morgan fingerprint density at radius 2 is 1.96 bits per heavy atom. The van der Waals surface area contributed by atoms with Crippen molar-refractivity contribution in [1.82, 2.24) is 4.90 Å². The first-order chi connectivity index (χ1) is 13.5. The number of halogens is 1. The zero-order valence-electron chi connectivity index (χ0n) is 15.0. The largest absolute Gasteiger partial charge is 0.493 e. The minimum absolute atomic E-state index is 0.209. The molecule has 1 N–H and O–H groups in total. The second-order valence-corrected chi connectivity index (χ2v) is 7.23. The highest BCUT2D eigenvalue weighted by Gasteiger charge is 2.36. The number of anilines is 1. The molecule has 3 rings (SSSR count). The number of carbonyl (C=O) groups excluding carboxylic acids is 3. The van der Waals surface area contributed by atoms with Gasteiger partial charge >= 0.3 is 0 Å². The topological polar surface area (TPSA) is 75.7 Å². The van der Waals surface area contributed by atoms with Gasteiger partial charge in [0.05, 0.1) is 11.5 Å². The van der Waals surface area contributed by atoms with E-state index >= 15 is 0 Å². The van der Waals surface area contributed by atoms with Crippen molar-refractivity contribution in [2.45, 2.75) is 6.92 Å². The monoisotopic (exact) mass is 416 g/mol. The Kier molecular flexibility index (Phi) is 6.38. The number of hydrogen-bond acceptors (Lipinski definition) is 5. The van der Waals surface area contributed by atoms with E-state index in [0.717, 1.165) is 16.7 Å². The maximum Gasteiger partial charge on any atom is 0.294 e. The molecule has 8 heteroatoms. The van der Waals surface area contributed by atoms with E-state index in [1.807, 2.05) is 13.0 Å². The van der Waals surface area contributed by atoms with Gasteiger partial charge in [-0.15, -0.1) is 0 Å². The van der Waals surface area contributed by atoms with Gasteiger partial charge in [-0.1, -0.05) is 29.8 Å². The summed E-state index contributed by atoms with van der Waals surface area (Å²) in [6, 6.07) is 13.9. The number of ether oxygens (including phenoxy) is 1. The number of para-hydroxylation sites is 1. The molecule has 0 radical (unpaired) electrons. The predicted molar refractivity (Wildman–Crippen MR) is 110 cm³/mol. The van der Waals surface area contributed by atoms with Gasteiger partial charge in [-0.2, -0.15) is 0 Å². The van der Waals surface area contributed by atoms with Crippen molar-refractivity contribution in [3.8, 4) is 5.75 Å². The molecule has 0 aliphatic carbocycles. The SMILES string of the molecule is CCOc1ccc(Cl)cc1/C=C1/SC(=O)N(CC(=O)Nc2ccccc2)C1=O. The zero-order chi connectivity index (χ0) is 20.1. The molecule has 0 unspecified atom stereocenters. The second-order valence-electron chi connectivity index (χ2n) is 5.80. The molecule has 0 atom stereocenters. The van der Waals surface area contributed by atoms with Crippen LogP contribution in [0.5, 0.6) is 5.75 Å². The Morgan fingerprint density at radius 3 is 2.68 bits per heavy atom. The van der Waals surface area contributed by atoms with E-state index in [0.29, 0.717) is 28.6 Å². The Balaban J connectivity index is 1.75. The summed E-state index contributed by atoms with van der Waals surface area (Å²) >= 11 is 6.81. The molecule has 0 spiro atoms. The fourth-order valence-corrected chi connectivity index (χ4v) is 3.57. The molecular weight excluding hydrogens is 400 g/mol. The van der Waals surface area contributed by atoms with E-state index in [1.165, 1.54) is 0 Å². The number of imide groups is 1. The Labute approximate surface area is 171 Å². The summed E-state index contributed by atoms with van der Waals surface area (Å²) in [5.74, 6) is -0.423. The van der Waals surface area contributed by atoms with Gasteiger partial charge in [0.1, 0.15) is 12.3 Å². The van der Waals surface area contributed by atoms with Gasteiger partial charge < -0.3 is 10.1 Å². The van der Waals surface area contributed by atoms with E-state index < -0.39 is 17.1 Å². The zero-order valence-corrected chi connectivity index (χ0v) is 16.5. The van der Waals surface area contributed by atoms with Crippen LogP contribution in [0.15, 0.2) is 53.4 Å². The highest BCUT2D eigenvalue weighted by molar-refractivity contribution is 8.18. The van der Waals surface area contributed by atoms with Crippen LogP contribution in [0.25, 0.3) is 6.08 Å². The van der Waals surface area contributed by atoms with E-state index in [-0.39, 0.29) is 11.4 Å². The van der Waals surface area contributed by atoms with Crippen molar-refractivity contribution < 1.29 is 19.1 Å². The molecule has 28 heavy (non-hydrogen) atoms. The van der Waals surface area contributed by atoms with Crippen LogP contribution in [0, 0.1) is 0 Å². The van der Waals surface area contributed by atoms with Crippen molar-refractivity contribution in [3.05, 3.63) is 64.0 Å². The number of benzene rings is 2. The molecular formula is C20H17ClN2O4S. The molecule has 0 bridgehead atoms. The van der Waals surface area contributed by atoms with Gasteiger partial charge in [-0.25, -0.2) is 0 Å². The molecule has 0 saturated carbocycles. The van der Waals surface area contributed by atoms with Crippen LogP contribution >= 0.6 is 23.4 Å². The Bertz CT molecular complexity index is 946. The molecule has 144 valence electrons. The highest BCUT2D eigenvalue weighted by Crippen LogP contribution is 2.34. The lowest BCUT2D eigenvalue weighted by molar-refractivity contribution is -0.127. The minimum Gasteiger partial charge on any atom is -0.493 e. The fourth-order valence-electron chi connectivity index (χ4n) is 2.56. The lowest BCUT2D eigenvalue weighted by Gasteiger charge is -2.12. The summed E-state index contributed by atoms with van der Waals surface area (Å²) in [7, 11) is 0. The van der Waals surface area contributed by atoms with Gasteiger partial charge in [0.2, 0.25) is 5.91 Å². The standard InChI is InChI=1S/C20H17ClN2O4S/c1-2-27-16-9-8-14(21)10-13(16)11-17-19(25)23(20(26)28-17)12-18(24)22-15-6-4-3-5-7-15/h3-11H,2,12H2,1H3,(H,22,24)/b17-11+. The van der Waals surface area contributed by atoms with Crippen LogP contribution in [0.4, 0.5) is 10.5 Å². The number of thioether (sulfide) groups is 1. The molecule has 1 heterocycles. The molecule has 1 fully saturated rings. The number of hydrogen-bond donors (Lipinski definition) is 1. The summed E-state index contributed by atoms with van der Waals surface area (Å²) in [5, 5.41) is 2.64. The van der Waals surface area contributed by atoms with Crippen molar-refractivity contribution in [2.75, 3.05) is 18.5 Å². The van der Waals surface area contributed by atoms with Crippen LogP contribution < -0.4 is 10.1 Å². The number of rotatable bonds is 6. The lowest BCUT2D eigenvalue weighted by Crippen LogP contribution is -2.36. The first kappa shape index (κ1) is 20.0. The van der Waals surface area contributed by atoms with Crippen LogP contribution in [-0.4, -0.2) is 35.1 Å². The number of nitrogens with one attached hydrogen (secondary N) is 1. The smallest absolute Gasteiger partial charge is 0.294 e. The maximum absolute atomic E-state index is 12.6. The molecule has 6 nitrogen and oxygen atoms in total. The van der Waals surface area contributed by atoms with Gasteiger partial charge in [0, 0.05) is 16.3 Å². The summed E-state index contributed by atoms with van der Waals surface area (Å²) < 4.78 is 5.54. The molecule has 1 saturated heterocycles. The Hall–Kier alpha value is -2.77. The van der Waals surface area contributed by atoms with E-state index in [4.69, 9.17) is 16.3 Å². The summed E-state index contributed by atoms with van der Waals surface area (Å²) in [4.78, 5) is 38.2. The van der Waals surface area contributed by atoms with Crippen LogP contribution in [0.3, 0.4) is 0 Å². The third-order valence-electron chi connectivity index (χ3n) is 3.79. The fraction of sp³-hybridized carbons (Fsp3) is 0.150. The van der Waals surface area contributed by atoms with Gasteiger partial charge in [-0.05, 0) is 55.1 Å². The third kappa shape index (κ3) is 4.74. The van der Waals surface area contributed by atoms with Crippen molar-refractivity contribution >= 4 is 52.2 Å². The highest BCUT2D eigenvalue weighted by atomic mass is 35.5. The minimum atomic E-state index is -0.527. The summed E-state index contributed by atoms with van der Waals surface area (Å²) in [6.07, 6.45) is 1.55. The maximum atomic E-state index is 12.6. The number of nitrogens with zero attached hydrogens (tertiary/aromatic N) is 1. The van der Waals surface area contributed by atoms with Gasteiger partial charge in [-0.3, -0.25) is 19.3 Å². The quantitative estimate of drug-likeness (QED) is 0.706.